The molecule has 0 rings (SSSR count). The van der Waals surface area contributed by atoms with Crippen LogP contribution >= 0.6 is 0 Å². The minimum atomic E-state index is -1.16. The van der Waals surface area contributed by atoms with Gasteiger partial charge in [0.2, 0.25) is 0 Å². The molecular formula is C9H22N2O2. The quantitative estimate of drug-likeness (QED) is 0.484. The molecule has 0 unspecified atom stereocenters. The molecule has 0 aromatic heterocycles. The first-order valence-electron chi connectivity index (χ1n) is 4.50. The van der Waals surface area contributed by atoms with Gasteiger partial charge in [0.05, 0.1) is 16.7 Å². The fraction of sp³-hybridized carbons (Fsp3) is 1.00. The summed E-state index contributed by atoms with van der Waals surface area (Å²) in [6.45, 7) is 6.67. The van der Waals surface area contributed by atoms with Crippen molar-refractivity contribution in [1.82, 2.24) is 0 Å². The van der Waals surface area contributed by atoms with Crippen molar-refractivity contribution < 1.29 is 10.2 Å². The van der Waals surface area contributed by atoms with E-state index in [1.807, 2.05) is 0 Å². The number of rotatable bonds is 4. The van der Waals surface area contributed by atoms with Gasteiger partial charge in [-0.15, -0.1) is 0 Å². The maximum absolute atomic E-state index is 9.86. The van der Waals surface area contributed by atoms with Crippen LogP contribution in [0.2, 0.25) is 0 Å². The van der Waals surface area contributed by atoms with Gasteiger partial charge in [-0.25, -0.2) is 0 Å². The molecule has 0 bridgehead atoms. The van der Waals surface area contributed by atoms with Crippen molar-refractivity contribution in [3.63, 3.8) is 0 Å². The molecule has 0 aromatic rings. The minimum Gasteiger partial charge on any atom is -0.388 e. The van der Waals surface area contributed by atoms with Crippen LogP contribution in [-0.4, -0.2) is 33.5 Å². The van der Waals surface area contributed by atoms with Crippen LogP contribution in [0.5, 0.6) is 0 Å². The minimum absolute atomic E-state index is 0.338. The lowest BCUT2D eigenvalue weighted by Gasteiger charge is -2.48. The molecule has 0 aliphatic heterocycles. The first-order valence-corrected chi connectivity index (χ1v) is 4.50. The fourth-order valence-corrected chi connectivity index (χ4v) is 1.59. The number of nitrogens with two attached hydrogens (primary N) is 2. The summed E-state index contributed by atoms with van der Waals surface area (Å²) in [4.78, 5) is 0. The van der Waals surface area contributed by atoms with Gasteiger partial charge in [0.25, 0.3) is 0 Å². The average Bonchev–Trinajstić information content (AvgIpc) is 1.82. The highest BCUT2D eigenvalue weighted by molar-refractivity contribution is 5.08. The Balaban J connectivity index is 4.96. The Labute approximate surface area is 79.9 Å². The van der Waals surface area contributed by atoms with Crippen molar-refractivity contribution in [1.29, 1.82) is 0 Å². The summed E-state index contributed by atoms with van der Waals surface area (Å²) in [5.74, 6) is 0. The SMILES string of the molecule is CC(C)(O)C(N)(CCN)C(C)(C)O. The van der Waals surface area contributed by atoms with Gasteiger partial charge in [-0.3, -0.25) is 0 Å². The zero-order chi connectivity index (χ0) is 10.9. The Morgan fingerprint density at radius 2 is 1.31 bits per heavy atom. The van der Waals surface area contributed by atoms with Crippen LogP contribution in [0.1, 0.15) is 34.1 Å². The molecular weight excluding hydrogens is 168 g/mol. The van der Waals surface area contributed by atoms with Gasteiger partial charge in [0.1, 0.15) is 0 Å². The van der Waals surface area contributed by atoms with E-state index in [2.05, 4.69) is 0 Å². The zero-order valence-electron chi connectivity index (χ0n) is 8.96. The molecule has 0 radical (unpaired) electrons. The van der Waals surface area contributed by atoms with E-state index in [1.165, 1.54) is 0 Å². The molecule has 0 atom stereocenters. The van der Waals surface area contributed by atoms with Crippen LogP contribution in [0.4, 0.5) is 0 Å². The average molecular weight is 190 g/mol. The number of hydrogen-bond donors (Lipinski definition) is 4. The Morgan fingerprint density at radius 3 is 1.38 bits per heavy atom. The molecule has 4 heteroatoms. The van der Waals surface area contributed by atoms with Crippen molar-refractivity contribution >= 4 is 0 Å². The molecule has 0 spiro atoms. The molecule has 6 N–H and O–H groups in total. The van der Waals surface area contributed by atoms with E-state index in [-0.39, 0.29) is 0 Å². The van der Waals surface area contributed by atoms with Crippen LogP contribution in [0.3, 0.4) is 0 Å². The van der Waals surface area contributed by atoms with Crippen LogP contribution < -0.4 is 11.5 Å². The van der Waals surface area contributed by atoms with Crippen molar-refractivity contribution in [2.75, 3.05) is 6.54 Å². The maximum Gasteiger partial charge on any atom is 0.0798 e. The second-order valence-electron chi connectivity index (χ2n) is 4.63. The maximum atomic E-state index is 9.86. The van der Waals surface area contributed by atoms with Gasteiger partial charge in [0, 0.05) is 0 Å². The third kappa shape index (κ3) is 2.40. The largest absolute Gasteiger partial charge is 0.388 e. The van der Waals surface area contributed by atoms with E-state index >= 15 is 0 Å². The normalized spacial score (nSPS) is 14.8. The number of hydrogen-bond acceptors (Lipinski definition) is 4. The van der Waals surface area contributed by atoms with E-state index in [9.17, 15) is 10.2 Å². The van der Waals surface area contributed by atoms with Gasteiger partial charge in [-0.05, 0) is 40.7 Å². The van der Waals surface area contributed by atoms with Gasteiger partial charge in [-0.1, -0.05) is 0 Å². The van der Waals surface area contributed by atoms with Crippen molar-refractivity contribution in [2.45, 2.75) is 50.9 Å². The van der Waals surface area contributed by atoms with E-state index in [4.69, 9.17) is 11.5 Å². The predicted molar refractivity (Wildman–Crippen MR) is 53.2 cm³/mol. The summed E-state index contributed by atoms with van der Waals surface area (Å²) < 4.78 is 0. The molecule has 0 saturated heterocycles. The molecule has 0 aliphatic carbocycles. The molecule has 0 heterocycles. The van der Waals surface area contributed by atoms with Gasteiger partial charge in [0.15, 0.2) is 0 Å². The highest BCUT2D eigenvalue weighted by Crippen LogP contribution is 2.32. The summed E-state index contributed by atoms with van der Waals surface area (Å²) in [5, 5.41) is 19.7. The second-order valence-corrected chi connectivity index (χ2v) is 4.63. The van der Waals surface area contributed by atoms with Crippen LogP contribution in [0, 0.1) is 0 Å². The van der Waals surface area contributed by atoms with Crippen molar-refractivity contribution in [2.24, 2.45) is 11.5 Å². The van der Waals surface area contributed by atoms with E-state index in [0.717, 1.165) is 0 Å². The highest BCUT2D eigenvalue weighted by atomic mass is 16.3. The van der Waals surface area contributed by atoms with Crippen molar-refractivity contribution in [3.05, 3.63) is 0 Å². The summed E-state index contributed by atoms with van der Waals surface area (Å²) in [6.07, 6.45) is 0.375. The van der Waals surface area contributed by atoms with Crippen LogP contribution in [0.15, 0.2) is 0 Å². The van der Waals surface area contributed by atoms with E-state index in [1.54, 1.807) is 27.7 Å². The highest BCUT2D eigenvalue weighted by Gasteiger charge is 2.50. The predicted octanol–water partition coefficient (Wildman–Crippen LogP) is -0.425. The monoisotopic (exact) mass is 190 g/mol. The Morgan fingerprint density at radius 1 is 1.00 bits per heavy atom. The molecule has 80 valence electrons. The Bertz CT molecular complexity index is 153. The lowest BCUT2D eigenvalue weighted by molar-refractivity contribution is -0.112. The zero-order valence-corrected chi connectivity index (χ0v) is 8.96. The van der Waals surface area contributed by atoms with E-state index in [0.29, 0.717) is 13.0 Å². The lowest BCUT2D eigenvalue weighted by atomic mass is 9.69. The topological polar surface area (TPSA) is 92.5 Å². The Hall–Kier alpha value is -0.160. The molecule has 0 amide bonds. The van der Waals surface area contributed by atoms with Crippen LogP contribution in [-0.2, 0) is 0 Å². The fourth-order valence-electron chi connectivity index (χ4n) is 1.59. The second kappa shape index (κ2) is 3.53. The summed E-state index contributed by atoms with van der Waals surface area (Å²) in [5.41, 5.74) is 7.98. The summed E-state index contributed by atoms with van der Waals surface area (Å²) in [6, 6.07) is 0. The number of aliphatic hydroxyl groups is 2. The molecule has 0 aromatic carbocycles. The first kappa shape index (κ1) is 12.8. The first-order chi connectivity index (χ1) is 5.56. The summed E-state index contributed by atoms with van der Waals surface area (Å²) >= 11 is 0. The van der Waals surface area contributed by atoms with Gasteiger partial charge < -0.3 is 21.7 Å². The molecule has 0 fully saturated rings. The van der Waals surface area contributed by atoms with E-state index < -0.39 is 16.7 Å². The lowest BCUT2D eigenvalue weighted by Crippen LogP contribution is -2.69. The molecule has 4 nitrogen and oxygen atoms in total. The smallest absolute Gasteiger partial charge is 0.0798 e. The molecule has 0 saturated carbocycles. The summed E-state index contributed by atoms with van der Waals surface area (Å²) in [7, 11) is 0. The van der Waals surface area contributed by atoms with Crippen molar-refractivity contribution in [3.8, 4) is 0 Å². The van der Waals surface area contributed by atoms with Gasteiger partial charge in [-0.2, -0.15) is 0 Å². The third-order valence-electron chi connectivity index (χ3n) is 2.72. The molecule has 13 heavy (non-hydrogen) atoms. The third-order valence-corrected chi connectivity index (χ3v) is 2.72. The molecule has 0 aliphatic rings. The van der Waals surface area contributed by atoms with Crippen LogP contribution in [0.25, 0.3) is 0 Å². The Kier molecular flexibility index (Phi) is 3.49. The van der Waals surface area contributed by atoms with Gasteiger partial charge >= 0.3 is 0 Å². The standard InChI is InChI=1S/C9H22N2O2/c1-7(2,12)9(11,5-6-10)8(3,4)13/h12-13H,5-6,10-11H2,1-4H3.